The van der Waals surface area contributed by atoms with Crippen molar-refractivity contribution in [1.29, 1.82) is 0 Å². The van der Waals surface area contributed by atoms with E-state index in [1.54, 1.807) is 26.4 Å². The van der Waals surface area contributed by atoms with E-state index in [1.807, 2.05) is 6.07 Å². The number of nitrogens with zero attached hydrogens (tertiary/aromatic N) is 1. The van der Waals surface area contributed by atoms with Crippen LogP contribution in [-0.4, -0.2) is 24.2 Å². The van der Waals surface area contributed by atoms with Gasteiger partial charge in [-0.1, -0.05) is 0 Å². The Kier molecular flexibility index (Phi) is 3.66. The monoisotopic (exact) mass is 310 g/mol. The molecular formula is C12H11BrN2O3. The highest BCUT2D eigenvalue weighted by molar-refractivity contribution is 9.10. The lowest BCUT2D eigenvalue weighted by molar-refractivity contribution is 0.355. The second kappa shape index (κ2) is 5.22. The van der Waals surface area contributed by atoms with Crippen molar-refractivity contribution in [2.45, 2.75) is 0 Å². The third-order valence-electron chi connectivity index (χ3n) is 2.45. The smallest absolute Gasteiger partial charge is 0.265 e. The Morgan fingerprint density at radius 1 is 1.22 bits per heavy atom. The van der Waals surface area contributed by atoms with Gasteiger partial charge in [0.15, 0.2) is 11.5 Å². The molecule has 1 aromatic heterocycles. The molecule has 0 radical (unpaired) electrons. The summed E-state index contributed by atoms with van der Waals surface area (Å²) in [4.78, 5) is 18.1. The van der Waals surface area contributed by atoms with Gasteiger partial charge in [0, 0.05) is 5.56 Å². The van der Waals surface area contributed by atoms with Crippen molar-refractivity contribution in [2.24, 2.45) is 0 Å². The number of H-pyrrole nitrogens is 1. The highest BCUT2D eigenvalue weighted by Gasteiger charge is 2.11. The Bertz CT molecular complexity index is 625. The van der Waals surface area contributed by atoms with Crippen LogP contribution in [0.2, 0.25) is 0 Å². The molecule has 0 aliphatic heterocycles. The molecule has 0 aliphatic rings. The first-order chi connectivity index (χ1) is 8.67. The molecule has 0 unspecified atom stereocenters. The summed E-state index contributed by atoms with van der Waals surface area (Å²) in [6.45, 7) is 0. The maximum absolute atomic E-state index is 11.5. The van der Waals surface area contributed by atoms with Gasteiger partial charge in [-0.15, -0.1) is 0 Å². The van der Waals surface area contributed by atoms with Crippen LogP contribution in [0.1, 0.15) is 0 Å². The average Bonchev–Trinajstić information content (AvgIpc) is 2.41. The van der Waals surface area contributed by atoms with E-state index in [1.165, 1.54) is 6.33 Å². The summed E-state index contributed by atoms with van der Waals surface area (Å²) >= 11 is 3.22. The number of hydrogen-bond donors (Lipinski definition) is 1. The quantitative estimate of drug-likeness (QED) is 0.944. The first-order valence-corrected chi connectivity index (χ1v) is 5.92. The van der Waals surface area contributed by atoms with Crippen molar-refractivity contribution in [3.63, 3.8) is 0 Å². The molecule has 0 spiro atoms. The lowest BCUT2D eigenvalue weighted by atomic mass is 10.1. The summed E-state index contributed by atoms with van der Waals surface area (Å²) in [5, 5.41) is 0. The maximum atomic E-state index is 11.5. The first-order valence-electron chi connectivity index (χ1n) is 5.13. The molecular weight excluding hydrogens is 300 g/mol. The van der Waals surface area contributed by atoms with E-state index in [0.29, 0.717) is 21.7 Å². The predicted octanol–water partition coefficient (Wildman–Crippen LogP) is 2.22. The molecule has 0 saturated heterocycles. The molecule has 2 aromatic rings. The SMILES string of the molecule is COc1ccc(-c2nc[nH]c(=O)c2Br)cc1OC. The Morgan fingerprint density at radius 2 is 1.94 bits per heavy atom. The summed E-state index contributed by atoms with van der Waals surface area (Å²) in [7, 11) is 3.13. The zero-order valence-corrected chi connectivity index (χ0v) is 11.4. The van der Waals surface area contributed by atoms with Crippen molar-refractivity contribution < 1.29 is 9.47 Å². The Balaban J connectivity index is 2.58. The van der Waals surface area contributed by atoms with E-state index in [0.717, 1.165) is 5.56 Å². The molecule has 1 aromatic carbocycles. The Labute approximate surface area is 112 Å². The van der Waals surface area contributed by atoms with Crippen LogP contribution >= 0.6 is 15.9 Å². The topological polar surface area (TPSA) is 64.2 Å². The van der Waals surface area contributed by atoms with Crippen LogP contribution in [0, 0.1) is 0 Å². The van der Waals surface area contributed by atoms with Crippen LogP contribution in [-0.2, 0) is 0 Å². The van der Waals surface area contributed by atoms with Crippen LogP contribution in [0.3, 0.4) is 0 Å². The van der Waals surface area contributed by atoms with Gasteiger partial charge in [0.05, 0.1) is 26.2 Å². The number of rotatable bonds is 3. The molecule has 94 valence electrons. The fourth-order valence-electron chi connectivity index (χ4n) is 1.57. The normalized spacial score (nSPS) is 10.2. The molecule has 0 atom stereocenters. The predicted molar refractivity (Wildman–Crippen MR) is 71.1 cm³/mol. The standard InChI is InChI=1S/C12H11BrN2O3/c1-17-8-4-3-7(5-9(8)18-2)11-10(13)12(16)15-6-14-11/h3-6H,1-2H3,(H,14,15,16). The van der Waals surface area contributed by atoms with Gasteiger partial charge >= 0.3 is 0 Å². The van der Waals surface area contributed by atoms with Crippen LogP contribution in [0.5, 0.6) is 11.5 Å². The third kappa shape index (κ3) is 2.24. The number of halogens is 1. The van der Waals surface area contributed by atoms with E-state index in [9.17, 15) is 4.79 Å². The Hall–Kier alpha value is -1.82. The minimum Gasteiger partial charge on any atom is -0.493 e. The number of methoxy groups -OCH3 is 2. The molecule has 5 nitrogen and oxygen atoms in total. The van der Waals surface area contributed by atoms with Gasteiger partial charge in [0.2, 0.25) is 0 Å². The van der Waals surface area contributed by atoms with Crippen molar-refractivity contribution in [1.82, 2.24) is 9.97 Å². The second-order valence-corrected chi connectivity index (χ2v) is 4.26. The van der Waals surface area contributed by atoms with E-state index in [2.05, 4.69) is 25.9 Å². The van der Waals surface area contributed by atoms with Gasteiger partial charge in [-0.05, 0) is 34.1 Å². The number of hydrogen-bond acceptors (Lipinski definition) is 4. The molecule has 2 rings (SSSR count). The van der Waals surface area contributed by atoms with E-state index < -0.39 is 0 Å². The third-order valence-corrected chi connectivity index (χ3v) is 3.19. The number of ether oxygens (including phenoxy) is 2. The molecule has 6 heteroatoms. The molecule has 0 fully saturated rings. The second-order valence-electron chi connectivity index (χ2n) is 3.46. The summed E-state index contributed by atoms with van der Waals surface area (Å²) < 4.78 is 10.8. The lowest BCUT2D eigenvalue weighted by Gasteiger charge is -2.09. The lowest BCUT2D eigenvalue weighted by Crippen LogP contribution is -2.08. The fraction of sp³-hybridized carbons (Fsp3) is 0.167. The van der Waals surface area contributed by atoms with Gasteiger partial charge in [-0.3, -0.25) is 4.79 Å². The average molecular weight is 311 g/mol. The summed E-state index contributed by atoms with van der Waals surface area (Å²) in [6, 6.07) is 5.35. The summed E-state index contributed by atoms with van der Waals surface area (Å²) in [5.74, 6) is 1.21. The van der Waals surface area contributed by atoms with Crippen molar-refractivity contribution in [2.75, 3.05) is 14.2 Å². The van der Waals surface area contributed by atoms with E-state index in [4.69, 9.17) is 9.47 Å². The molecule has 1 heterocycles. The van der Waals surface area contributed by atoms with Gasteiger partial charge in [-0.25, -0.2) is 4.98 Å². The van der Waals surface area contributed by atoms with Gasteiger partial charge in [-0.2, -0.15) is 0 Å². The van der Waals surface area contributed by atoms with E-state index in [-0.39, 0.29) is 5.56 Å². The number of aromatic amines is 1. The number of benzene rings is 1. The highest BCUT2D eigenvalue weighted by Crippen LogP contribution is 2.32. The van der Waals surface area contributed by atoms with Crippen LogP contribution < -0.4 is 15.0 Å². The molecule has 0 bridgehead atoms. The minimum atomic E-state index is -0.227. The summed E-state index contributed by atoms with van der Waals surface area (Å²) in [6.07, 6.45) is 1.36. The van der Waals surface area contributed by atoms with Crippen molar-refractivity contribution in [3.8, 4) is 22.8 Å². The largest absolute Gasteiger partial charge is 0.493 e. The molecule has 0 saturated carbocycles. The first kappa shape index (κ1) is 12.6. The maximum Gasteiger partial charge on any atom is 0.265 e. The van der Waals surface area contributed by atoms with Crippen molar-refractivity contribution in [3.05, 3.63) is 39.4 Å². The zero-order chi connectivity index (χ0) is 13.1. The van der Waals surface area contributed by atoms with Crippen LogP contribution in [0.4, 0.5) is 0 Å². The summed E-state index contributed by atoms with van der Waals surface area (Å²) in [5.41, 5.74) is 1.10. The van der Waals surface area contributed by atoms with Crippen LogP contribution in [0.25, 0.3) is 11.3 Å². The number of aromatic nitrogens is 2. The zero-order valence-electron chi connectivity index (χ0n) is 9.86. The van der Waals surface area contributed by atoms with Crippen LogP contribution in [0.15, 0.2) is 33.8 Å². The van der Waals surface area contributed by atoms with Gasteiger partial charge < -0.3 is 14.5 Å². The van der Waals surface area contributed by atoms with E-state index >= 15 is 0 Å². The molecule has 1 N–H and O–H groups in total. The fourth-order valence-corrected chi connectivity index (χ4v) is 2.01. The minimum absolute atomic E-state index is 0.227. The molecule has 0 aliphatic carbocycles. The number of nitrogens with one attached hydrogen (secondary N) is 1. The van der Waals surface area contributed by atoms with Gasteiger partial charge in [0.25, 0.3) is 5.56 Å². The van der Waals surface area contributed by atoms with Gasteiger partial charge in [0.1, 0.15) is 4.47 Å². The Morgan fingerprint density at radius 3 is 2.61 bits per heavy atom. The molecule has 18 heavy (non-hydrogen) atoms. The van der Waals surface area contributed by atoms with Crippen molar-refractivity contribution >= 4 is 15.9 Å². The highest BCUT2D eigenvalue weighted by atomic mass is 79.9. The molecule has 0 amide bonds.